The zero-order chi connectivity index (χ0) is 40.2. The van der Waals surface area contributed by atoms with Gasteiger partial charge in [0.2, 0.25) is 0 Å². The highest BCUT2D eigenvalue weighted by molar-refractivity contribution is 7.25. The minimum atomic E-state index is 0.435. The number of nitrogens with zero attached hydrogens (tertiary/aromatic N) is 6. The molecule has 278 valence electrons. The van der Waals surface area contributed by atoms with E-state index >= 15 is 0 Å². The lowest BCUT2D eigenvalue weighted by Gasteiger charge is -2.16. The van der Waals surface area contributed by atoms with Gasteiger partial charge in [0.15, 0.2) is 23.2 Å². The van der Waals surface area contributed by atoms with Crippen LogP contribution in [0.2, 0.25) is 0 Å². The summed E-state index contributed by atoms with van der Waals surface area (Å²) in [5.41, 5.74) is 10.4. The Balaban J connectivity index is 1.18. The molecule has 60 heavy (non-hydrogen) atoms. The van der Waals surface area contributed by atoms with E-state index in [2.05, 4.69) is 119 Å². The quantitative estimate of drug-likeness (QED) is 0.158. The van der Waals surface area contributed by atoms with Gasteiger partial charge < -0.3 is 4.57 Å². The van der Waals surface area contributed by atoms with Gasteiger partial charge in [-0.1, -0.05) is 121 Å². The van der Waals surface area contributed by atoms with Gasteiger partial charge in [-0.3, -0.25) is 0 Å². The predicted octanol–water partition coefficient (Wildman–Crippen LogP) is 14.1. The molecular formula is C53H30N6S. The molecule has 0 radical (unpaired) electrons. The van der Waals surface area contributed by atoms with Gasteiger partial charge >= 0.3 is 0 Å². The highest BCUT2D eigenvalue weighted by Crippen LogP contribution is 2.41. The second kappa shape index (κ2) is 14.3. The van der Waals surface area contributed by atoms with Crippen LogP contribution in [0.1, 0.15) is 5.56 Å². The first-order valence-electron chi connectivity index (χ1n) is 19.5. The van der Waals surface area contributed by atoms with Crippen molar-refractivity contribution in [2.24, 2.45) is 0 Å². The molecule has 0 fully saturated rings. The van der Waals surface area contributed by atoms with E-state index in [0.717, 1.165) is 66.4 Å². The Labute approximate surface area is 349 Å². The maximum atomic E-state index is 9.75. The molecule has 11 rings (SSSR count). The van der Waals surface area contributed by atoms with Gasteiger partial charge in [-0.2, -0.15) is 5.26 Å². The fraction of sp³-hybridized carbons (Fsp3) is 0. The van der Waals surface area contributed by atoms with E-state index in [1.807, 2.05) is 84.1 Å². The Kier molecular flexibility index (Phi) is 8.34. The molecule has 0 atom stereocenters. The summed E-state index contributed by atoms with van der Waals surface area (Å²) in [6.07, 6.45) is 0. The molecule has 7 heteroatoms. The number of nitriles is 1. The minimum Gasteiger partial charge on any atom is -0.309 e. The zero-order valence-corrected chi connectivity index (χ0v) is 32.7. The van der Waals surface area contributed by atoms with E-state index in [9.17, 15) is 5.26 Å². The predicted molar refractivity (Wildman–Crippen MR) is 245 cm³/mol. The third-order valence-electron chi connectivity index (χ3n) is 11.1. The summed E-state index contributed by atoms with van der Waals surface area (Å²) in [5, 5.41) is 14.4. The lowest BCUT2D eigenvalue weighted by molar-refractivity contribution is 1.06. The van der Waals surface area contributed by atoms with Crippen molar-refractivity contribution in [3.8, 4) is 68.2 Å². The second-order valence-electron chi connectivity index (χ2n) is 14.7. The van der Waals surface area contributed by atoms with Crippen LogP contribution < -0.4 is 0 Å². The number of hydrogen-bond acceptors (Lipinski definition) is 5. The second-order valence-corrected chi connectivity index (χ2v) is 15.7. The maximum absolute atomic E-state index is 9.75. The number of aromatic nitrogens is 4. The molecule has 3 heterocycles. The van der Waals surface area contributed by atoms with Gasteiger partial charge in [-0.15, -0.1) is 11.3 Å². The van der Waals surface area contributed by atoms with E-state index in [-0.39, 0.29) is 0 Å². The third-order valence-corrected chi connectivity index (χ3v) is 12.2. The standard InChI is InChI=1S/C53H30N6S/c1-55-40-27-33(32-54)26-39(28-40)37-22-24-47-44(29-37)41-16-8-10-18-46(41)59(47)48-25-21-36(38-20-23-43-42-17-9-11-19-49(42)60-50(43)31-38)30-45(48)53-57-51(34-12-4-2-5-13-34)56-52(58-53)35-14-6-3-7-15-35/h2-31H. The molecule has 11 aromatic rings. The Bertz CT molecular complexity index is 3480. The maximum Gasteiger partial charge on any atom is 0.189 e. The van der Waals surface area contributed by atoms with Crippen molar-refractivity contribution in [1.29, 1.82) is 5.26 Å². The SMILES string of the molecule is [C-]#[N+]c1cc(C#N)cc(-c2ccc3c(c2)c2ccccc2n3-c2ccc(-c3ccc4c(c3)sc3ccccc34)cc2-c2nc(-c3ccccc3)nc(-c3ccccc3)n2)c1. The van der Waals surface area contributed by atoms with E-state index in [4.69, 9.17) is 21.5 Å². The molecule has 3 aromatic heterocycles. The van der Waals surface area contributed by atoms with Crippen LogP contribution in [-0.4, -0.2) is 19.5 Å². The van der Waals surface area contributed by atoms with Crippen LogP contribution in [0.3, 0.4) is 0 Å². The largest absolute Gasteiger partial charge is 0.309 e. The van der Waals surface area contributed by atoms with Gasteiger partial charge in [-0.25, -0.2) is 19.8 Å². The van der Waals surface area contributed by atoms with Crippen molar-refractivity contribution in [2.45, 2.75) is 0 Å². The highest BCUT2D eigenvalue weighted by Gasteiger charge is 2.21. The summed E-state index contributed by atoms with van der Waals surface area (Å²) in [6.45, 7) is 7.65. The summed E-state index contributed by atoms with van der Waals surface area (Å²) in [7, 11) is 0. The summed E-state index contributed by atoms with van der Waals surface area (Å²) in [4.78, 5) is 19.2. The number of thiophene rings is 1. The molecule has 0 unspecified atom stereocenters. The number of fused-ring (bicyclic) bond motifs is 6. The topological polar surface area (TPSA) is 71.8 Å². The number of benzene rings is 8. The molecule has 6 nitrogen and oxygen atoms in total. The first kappa shape index (κ1) is 35.0. The fourth-order valence-electron chi connectivity index (χ4n) is 8.24. The van der Waals surface area contributed by atoms with Crippen LogP contribution in [0.4, 0.5) is 5.69 Å². The van der Waals surface area contributed by atoms with Crippen molar-refractivity contribution >= 4 is 59.0 Å². The van der Waals surface area contributed by atoms with Crippen molar-refractivity contribution in [3.05, 3.63) is 199 Å². The first-order chi connectivity index (χ1) is 29.6. The van der Waals surface area contributed by atoms with Gasteiger partial charge in [0.1, 0.15) is 0 Å². The van der Waals surface area contributed by atoms with Gasteiger partial charge in [0.25, 0.3) is 0 Å². The number of rotatable bonds is 6. The van der Waals surface area contributed by atoms with Crippen molar-refractivity contribution in [2.75, 3.05) is 0 Å². The van der Waals surface area contributed by atoms with Crippen LogP contribution in [0, 0.1) is 17.9 Å². The number of hydrogen-bond donors (Lipinski definition) is 0. The fourth-order valence-corrected chi connectivity index (χ4v) is 9.39. The average molecular weight is 783 g/mol. The molecule has 0 aliphatic carbocycles. The molecule has 0 N–H and O–H groups in total. The van der Waals surface area contributed by atoms with Crippen LogP contribution in [-0.2, 0) is 0 Å². The van der Waals surface area contributed by atoms with Crippen LogP contribution in [0.5, 0.6) is 0 Å². The zero-order valence-electron chi connectivity index (χ0n) is 31.9. The Morgan fingerprint density at radius 3 is 1.82 bits per heavy atom. The van der Waals surface area contributed by atoms with E-state index < -0.39 is 0 Å². The molecule has 0 aliphatic rings. The van der Waals surface area contributed by atoms with E-state index in [1.165, 1.54) is 20.2 Å². The van der Waals surface area contributed by atoms with Crippen LogP contribution in [0.25, 0.3) is 109 Å². The monoisotopic (exact) mass is 782 g/mol. The van der Waals surface area contributed by atoms with Crippen molar-refractivity contribution in [1.82, 2.24) is 19.5 Å². The highest BCUT2D eigenvalue weighted by atomic mass is 32.1. The molecule has 0 spiro atoms. The molecule has 0 saturated carbocycles. The molecule has 0 saturated heterocycles. The number of para-hydroxylation sites is 1. The van der Waals surface area contributed by atoms with Gasteiger partial charge in [-0.05, 0) is 82.9 Å². The Hall–Kier alpha value is -8.23. The first-order valence-corrected chi connectivity index (χ1v) is 20.3. The smallest absolute Gasteiger partial charge is 0.189 e. The minimum absolute atomic E-state index is 0.435. The van der Waals surface area contributed by atoms with Gasteiger partial charge in [0.05, 0.1) is 29.4 Å². The third kappa shape index (κ3) is 5.97. The molecule has 0 bridgehead atoms. The Morgan fingerprint density at radius 1 is 0.467 bits per heavy atom. The Morgan fingerprint density at radius 2 is 1.07 bits per heavy atom. The summed E-state index contributed by atoms with van der Waals surface area (Å²) in [5.74, 6) is 1.74. The lowest BCUT2D eigenvalue weighted by Crippen LogP contribution is -2.04. The van der Waals surface area contributed by atoms with Crippen molar-refractivity contribution in [3.63, 3.8) is 0 Å². The normalized spacial score (nSPS) is 11.3. The van der Waals surface area contributed by atoms with E-state index in [0.29, 0.717) is 28.7 Å². The average Bonchev–Trinajstić information content (AvgIpc) is 3.86. The van der Waals surface area contributed by atoms with Crippen LogP contribution in [0.15, 0.2) is 182 Å². The lowest BCUT2D eigenvalue weighted by atomic mass is 9.99. The summed E-state index contributed by atoms with van der Waals surface area (Å²) >= 11 is 1.81. The summed E-state index contributed by atoms with van der Waals surface area (Å²) < 4.78 is 4.80. The molecule has 0 amide bonds. The molecular weight excluding hydrogens is 753 g/mol. The summed E-state index contributed by atoms with van der Waals surface area (Å²) in [6, 6.07) is 64.4. The van der Waals surface area contributed by atoms with Gasteiger partial charge in [0, 0.05) is 53.2 Å². The molecule has 8 aromatic carbocycles. The molecule has 0 aliphatic heterocycles. The van der Waals surface area contributed by atoms with Crippen molar-refractivity contribution < 1.29 is 0 Å². The van der Waals surface area contributed by atoms with E-state index in [1.54, 1.807) is 6.07 Å². The van der Waals surface area contributed by atoms with Crippen LogP contribution >= 0.6 is 11.3 Å².